The molecule has 1 heterocycles. The Kier molecular flexibility index (Phi) is 4.48. The summed E-state index contributed by atoms with van der Waals surface area (Å²) in [6.45, 7) is 2.27. The second-order valence-electron chi connectivity index (χ2n) is 9.08. The first-order valence-electron chi connectivity index (χ1n) is 11.0. The topological polar surface area (TPSA) is 38.1 Å². The lowest BCUT2D eigenvalue weighted by Gasteiger charge is -2.48. The van der Waals surface area contributed by atoms with E-state index in [-0.39, 0.29) is 11.2 Å². The van der Waals surface area contributed by atoms with Crippen molar-refractivity contribution >= 4 is 10.9 Å². The van der Waals surface area contributed by atoms with Gasteiger partial charge in [0.05, 0.1) is 17.4 Å². The standard InChI is InChI=1S/C26H27FN2O/c1-3-25(30)12-13-26(4-2)20(16-25)7-5-6-18-15-24-19(14-23(18)26)17-28-29(24)22-10-8-21(27)9-11-22/h1,8-11,14-15,17,20,30H,4-7,12-13,16H2,2H3. The average molecular weight is 403 g/mol. The molecule has 154 valence electrons. The maximum atomic E-state index is 13.4. The van der Waals surface area contributed by atoms with Crippen molar-refractivity contribution in [1.29, 1.82) is 0 Å². The fraction of sp³-hybridized carbons (Fsp3) is 0.423. The third kappa shape index (κ3) is 2.87. The molecule has 5 rings (SSSR count). The molecule has 1 fully saturated rings. The van der Waals surface area contributed by atoms with E-state index in [1.54, 1.807) is 12.1 Å². The highest BCUT2D eigenvalue weighted by atomic mass is 19.1. The Morgan fingerprint density at radius 1 is 1.27 bits per heavy atom. The van der Waals surface area contributed by atoms with Gasteiger partial charge < -0.3 is 5.11 Å². The molecule has 3 nitrogen and oxygen atoms in total. The zero-order valence-corrected chi connectivity index (χ0v) is 17.4. The second kappa shape index (κ2) is 6.96. The van der Waals surface area contributed by atoms with Crippen LogP contribution in [0.5, 0.6) is 0 Å². The largest absolute Gasteiger partial charge is 0.378 e. The molecular weight excluding hydrogens is 375 g/mol. The molecular formula is C26H27FN2O. The molecule has 0 radical (unpaired) electrons. The number of fused-ring (bicyclic) bond motifs is 4. The van der Waals surface area contributed by atoms with Gasteiger partial charge in [-0.15, -0.1) is 6.42 Å². The van der Waals surface area contributed by atoms with E-state index in [9.17, 15) is 9.50 Å². The van der Waals surface area contributed by atoms with E-state index >= 15 is 0 Å². The first kappa shape index (κ1) is 19.3. The van der Waals surface area contributed by atoms with Crippen LogP contribution in [0.4, 0.5) is 4.39 Å². The molecule has 2 aromatic carbocycles. The molecule has 0 aliphatic heterocycles. The fourth-order valence-corrected chi connectivity index (χ4v) is 5.97. The summed E-state index contributed by atoms with van der Waals surface area (Å²) >= 11 is 0. The van der Waals surface area contributed by atoms with E-state index in [0.717, 1.165) is 48.7 Å². The van der Waals surface area contributed by atoms with Gasteiger partial charge in [0.25, 0.3) is 0 Å². The van der Waals surface area contributed by atoms with Gasteiger partial charge in [-0.05, 0) is 104 Å². The van der Waals surface area contributed by atoms with Gasteiger partial charge in [0, 0.05) is 5.39 Å². The number of terminal acetylenes is 1. The highest BCUT2D eigenvalue weighted by molar-refractivity contribution is 5.82. The Morgan fingerprint density at radius 2 is 2.07 bits per heavy atom. The molecule has 30 heavy (non-hydrogen) atoms. The summed E-state index contributed by atoms with van der Waals surface area (Å²) in [7, 11) is 0. The average Bonchev–Trinajstić information content (AvgIpc) is 3.10. The van der Waals surface area contributed by atoms with Gasteiger partial charge in [0.2, 0.25) is 0 Å². The lowest BCUT2D eigenvalue weighted by atomic mass is 9.57. The summed E-state index contributed by atoms with van der Waals surface area (Å²) in [4.78, 5) is 0. The van der Waals surface area contributed by atoms with Gasteiger partial charge >= 0.3 is 0 Å². The number of aryl methyl sites for hydroxylation is 1. The highest BCUT2D eigenvalue weighted by Gasteiger charge is 2.49. The van der Waals surface area contributed by atoms with Crippen molar-refractivity contribution in [2.75, 3.05) is 0 Å². The molecule has 1 N–H and O–H groups in total. The molecule has 3 unspecified atom stereocenters. The Hall–Kier alpha value is -2.64. The molecule has 0 amide bonds. The Morgan fingerprint density at radius 3 is 2.80 bits per heavy atom. The van der Waals surface area contributed by atoms with Crippen molar-refractivity contribution in [3.8, 4) is 18.0 Å². The smallest absolute Gasteiger partial charge is 0.125 e. The van der Waals surface area contributed by atoms with Gasteiger partial charge in [-0.1, -0.05) is 12.8 Å². The minimum atomic E-state index is -0.967. The van der Waals surface area contributed by atoms with Crippen LogP contribution in [0.1, 0.15) is 56.6 Å². The maximum absolute atomic E-state index is 13.4. The number of benzene rings is 2. The van der Waals surface area contributed by atoms with E-state index in [1.807, 2.05) is 10.9 Å². The minimum absolute atomic E-state index is 0.0566. The van der Waals surface area contributed by atoms with Gasteiger partial charge in [0.15, 0.2) is 0 Å². The van der Waals surface area contributed by atoms with E-state index in [4.69, 9.17) is 6.42 Å². The molecule has 1 saturated carbocycles. The van der Waals surface area contributed by atoms with Crippen molar-refractivity contribution in [1.82, 2.24) is 9.78 Å². The number of hydrogen-bond donors (Lipinski definition) is 1. The monoisotopic (exact) mass is 402 g/mol. The van der Waals surface area contributed by atoms with Crippen molar-refractivity contribution in [3.05, 3.63) is 59.5 Å². The van der Waals surface area contributed by atoms with Crippen molar-refractivity contribution in [2.24, 2.45) is 5.92 Å². The molecule has 0 bridgehead atoms. The summed E-state index contributed by atoms with van der Waals surface area (Å²) < 4.78 is 15.3. The van der Waals surface area contributed by atoms with Gasteiger partial charge in [-0.2, -0.15) is 5.10 Å². The zero-order valence-electron chi connectivity index (χ0n) is 17.4. The maximum Gasteiger partial charge on any atom is 0.125 e. The molecule has 2 aliphatic carbocycles. The third-order valence-corrected chi connectivity index (χ3v) is 7.65. The van der Waals surface area contributed by atoms with Gasteiger partial charge in [-0.25, -0.2) is 9.07 Å². The van der Waals surface area contributed by atoms with Crippen LogP contribution in [-0.2, 0) is 11.8 Å². The van der Waals surface area contributed by atoms with Crippen LogP contribution in [0.2, 0.25) is 0 Å². The molecule has 4 heteroatoms. The van der Waals surface area contributed by atoms with Gasteiger partial charge in [0.1, 0.15) is 11.4 Å². The lowest BCUT2D eigenvalue weighted by molar-refractivity contribution is -0.00457. The van der Waals surface area contributed by atoms with Crippen LogP contribution < -0.4 is 0 Å². The number of aromatic nitrogens is 2. The summed E-state index contributed by atoms with van der Waals surface area (Å²) in [6.07, 6.45) is 14.1. The van der Waals surface area contributed by atoms with Crippen molar-refractivity contribution in [3.63, 3.8) is 0 Å². The number of aliphatic hydroxyl groups is 1. The van der Waals surface area contributed by atoms with E-state index in [0.29, 0.717) is 18.8 Å². The fourth-order valence-electron chi connectivity index (χ4n) is 5.97. The molecule has 3 atom stereocenters. The van der Waals surface area contributed by atoms with Crippen molar-refractivity contribution in [2.45, 2.75) is 62.9 Å². The number of rotatable bonds is 2. The summed E-state index contributed by atoms with van der Waals surface area (Å²) in [5.41, 5.74) is 3.80. The molecule has 3 aromatic rings. The Bertz CT molecular complexity index is 1140. The quantitative estimate of drug-likeness (QED) is 0.590. The SMILES string of the molecule is C#CC1(O)CCC2(CC)c3cc4cnn(-c5ccc(F)cc5)c4cc3CCCC2C1. The normalized spacial score (nSPS) is 28.4. The summed E-state index contributed by atoms with van der Waals surface area (Å²) in [6, 6.07) is 11.1. The number of nitrogens with zero attached hydrogens (tertiary/aromatic N) is 2. The van der Waals surface area contributed by atoms with E-state index in [1.165, 1.54) is 23.3 Å². The first-order chi connectivity index (χ1) is 14.5. The van der Waals surface area contributed by atoms with Crippen LogP contribution in [0.3, 0.4) is 0 Å². The van der Waals surface area contributed by atoms with Crippen molar-refractivity contribution < 1.29 is 9.50 Å². The van der Waals surface area contributed by atoms with Crippen LogP contribution in [0.15, 0.2) is 42.6 Å². The number of hydrogen-bond acceptors (Lipinski definition) is 2. The Labute approximate surface area is 176 Å². The minimum Gasteiger partial charge on any atom is -0.378 e. The molecule has 1 aromatic heterocycles. The van der Waals surface area contributed by atoms with Crippen LogP contribution >= 0.6 is 0 Å². The van der Waals surface area contributed by atoms with E-state index < -0.39 is 5.60 Å². The summed E-state index contributed by atoms with van der Waals surface area (Å²) in [5, 5.41) is 16.5. The van der Waals surface area contributed by atoms with Crippen LogP contribution in [-0.4, -0.2) is 20.5 Å². The van der Waals surface area contributed by atoms with E-state index in [2.05, 4.69) is 30.1 Å². The van der Waals surface area contributed by atoms with Gasteiger partial charge in [-0.3, -0.25) is 0 Å². The third-order valence-electron chi connectivity index (χ3n) is 7.65. The zero-order chi connectivity index (χ0) is 20.9. The molecule has 2 aliphatic rings. The predicted molar refractivity (Wildman–Crippen MR) is 117 cm³/mol. The second-order valence-corrected chi connectivity index (χ2v) is 9.08. The summed E-state index contributed by atoms with van der Waals surface area (Å²) in [5.74, 6) is 2.82. The Balaban J connectivity index is 1.64. The molecule has 0 saturated heterocycles. The molecule has 0 spiro atoms. The lowest BCUT2D eigenvalue weighted by Crippen LogP contribution is -2.47. The number of halogens is 1. The van der Waals surface area contributed by atoms with Crippen LogP contribution in [0.25, 0.3) is 16.6 Å². The first-order valence-corrected chi connectivity index (χ1v) is 11.0. The highest BCUT2D eigenvalue weighted by Crippen LogP contribution is 2.54. The van der Waals surface area contributed by atoms with Crippen LogP contribution in [0, 0.1) is 24.1 Å². The predicted octanol–water partition coefficient (Wildman–Crippen LogP) is 5.31.